The van der Waals surface area contributed by atoms with Crippen molar-refractivity contribution in [1.29, 1.82) is 0 Å². The Balaban J connectivity index is 1.46. The third-order valence-corrected chi connectivity index (χ3v) is 9.89. The van der Waals surface area contributed by atoms with Gasteiger partial charge in [0.05, 0.1) is 23.6 Å². The van der Waals surface area contributed by atoms with Crippen LogP contribution in [0.5, 0.6) is 0 Å². The van der Waals surface area contributed by atoms with E-state index in [1.165, 1.54) is 54.7 Å². The van der Waals surface area contributed by atoms with Crippen molar-refractivity contribution in [3.63, 3.8) is 0 Å². The average Bonchev–Trinajstić information content (AvgIpc) is 2.86. The maximum absolute atomic E-state index is 13.2. The number of nitrogens with one attached hydrogen (secondary N) is 1. The van der Waals surface area contributed by atoms with Gasteiger partial charge in [-0.15, -0.1) is 0 Å². The topological polar surface area (TPSA) is 97.7 Å². The Morgan fingerprint density at radius 2 is 1.91 bits per heavy atom. The molecule has 0 bridgehead atoms. The molecular formula is C24H33N3O5S2. The Bertz CT molecular complexity index is 1180. The second kappa shape index (κ2) is 11.2. The number of hydrogen-bond acceptors (Lipinski definition) is 6. The molecule has 1 aliphatic carbocycles. The van der Waals surface area contributed by atoms with Gasteiger partial charge in [0, 0.05) is 43.5 Å². The van der Waals surface area contributed by atoms with Gasteiger partial charge in [-0.2, -0.15) is 16.1 Å². The van der Waals surface area contributed by atoms with Gasteiger partial charge in [0.1, 0.15) is 5.56 Å². The number of hydrogen-bond donors (Lipinski definition) is 1. The molecule has 1 saturated heterocycles. The van der Waals surface area contributed by atoms with Crippen molar-refractivity contribution in [3.05, 3.63) is 40.2 Å². The first-order valence-corrected chi connectivity index (χ1v) is 14.5. The number of fused-ring (bicyclic) bond motifs is 1. The fourth-order valence-electron chi connectivity index (χ4n) is 4.58. The molecule has 186 valence electrons. The number of amides is 1. The van der Waals surface area contributed by atoms with Crippen LogP contribution in [0.15, 0.2) is 34.1 Å². The lowest BCUT2D eigenvalue weighted by Crippen LogP contribution is -2.40. The number of benzene rings is 1. The number of carbonyl (C=O) groups is 1. The number of morpholine rings is 1. The number of pyridine rings is 1. The van der Waals surface area contributed by atoms with E-state index in [-0.39, 0.29) is 28.9 Å². The first kappa shape index (κ1) is 25.2. The molecule has 0 atom stereocenters. The minimum absolute atomic E-state index is 0.0239. The lowest BCUT2D eigenvalue weighted by atomic mass is 10.0. The Hall–Kier alpha value is -1.88. The van der Waals surface area contributed by atoms with Crippen molar-refractivity contribution in [3.8, 4) is 0 Å². The minimum Gasteiger partial charge on any atom is -0.379 e. The smallest absolute Gasteiger partial charge is 0.256 e. The van der Waals surface area contributed by atoms with E-state index in [1.807, 2.05) is 11.8 Å². The molecular weight excluding hydrogens is 474 g/mol. The summed E-state index contributed by atoms with van der Waals surface area (Å²) in [6.45, 7) is 1.75. The van der Waals surface area contributed by atoms with Gasteiger partial charge in [-0.05, 0) is 43.2 Å². The first-order chi connectivity index (χ1) is 16.4. The lowest BCUT2D eigenvalue weighted by Gasteiger charge is -2.26. The molecule has 0 spiro atoms. The van der Waals surface area contributed by atoms with E-state index in [1.54, 1.807) is 17.7 Å². The molecule has 0 radical (unpaired) electrons. The summed E-state index contributed by atoms with van der Waals surface area (Å²) < 4.78 is 34.4. The van der Waals surface area contributed by atoms with Crippen molar-refractivity contribution in [2.24, 2.45) is 7.05 Å². The zero-order chi connectivity index (χ0) is 24.1. The van der Waals surface area contributed by atoms with Crippen LogP contribution in [0.3, 0.4) is 0 Å². The number of nitrogens with zero attached hydrogens (tertiary/aromatic N) is 2. The molecule has 1 aromatic carbocycles. The maximum atomic E-state index is 13.2. The summed E-state index contributed by atoms with van der Waals surface area (Å²) in [6, 6.07) is 4.52. The maximum Gasteiger partial charge on any atom is 0.256 e. The molecule has 0 unspecified atom stereocenters. The average molecular weight is 508 g/mol. The second-order valence-corrected chi connectivity index (χ2v) is 12.3. The van der Waals surface area contributed by atoms with Gasteiger partial charge in [0.25, 0.3) is 5.91 Å². The zero-order valence-electron chi connectivity index (χ0n) is 19.6. The summed E-state index contributed by atoms with van der Waals surface area (Å²) in [5.41, 5.74) is 0.142. The Labute approximate surface area is 205 Å². The van der Waals surface area contributed by atoms with E-state index in [9.17, 15) is 18.0 Å². The van der Waals surface area contributed by atoms with Crippen LogP contribution in [0.4, 0.5) is 0 Å². The van der Waals surface area contributed by atoms with E-state index in [4.69, 9.17) is 4.74 Å². The molecule has 1 aliphatic heterocycles. The van der Waals surface area contributed by atoms with Gasteiger partial charge < -0.3 is 14.6 Å². The second-order valence-electron chi connectivity index (χ2n) is 8.92. The molecule has 2 heterocycles. The van der Waals surface area contributed by atoms with Gasteiger partial charge in [-0.25, -0.2) is 8.42 Å². The van der Waals surface area contributed by atoms with Gasteiger partial charge in [-0.1, -0.05) is 19.3 Å². The molecule has 8 nitrogen and oxygen atoms in total. The molecule has 1 amide bonds. The van der Waals surface area contributed by atoms with Gasteiger partial charge in [0.15, 0.2) is 0 Å². The van der Waals surface area contributed by atoms with Crippen LogP contribution in [0.2, 0.25) is 0 Å². The number of aromatic nitrogens is 1. The highest BCUT2D eigenvalue weighted by atomic mass is 32.2. The summed E-state index contributed by atoms with van der Waals surface area (Å²) >= 11 is 1.98. The summed E-state index contributed by atoms with van der Waals surface area (Å²) in [4.78, 5) is 26.0. The van der Waals surface area contributed by atoms with Crippen LogP contribution in [0.1, 0.15) is 48.9 Å². The number of carbonyl (C=O) groups excluding carboxylic acids is 1. The predicted molar refractivity (Wildman–Crippen MR) is 135 cm³/mol. The Morgan fingerprint density at radius 3 is 2.65 bits per heavy atom. The van der Waals surface area contributed by atoms with Crippen LogP contribution in [0.25, 0.3) is 10.9 Å². The van der Waals surface area contributed by atoms with Crippen molar-refractivity contribution in [2.75, 3.05) is 38.6 Å². The van der Waals surface area contributed by atoms with Crippen molar-refractivity contribution >= 4 is 38.6 Å². The molecule has 34 heavy (non-hydrogen) atoms. The Kier molecular flexibility index (Phi) is 8.34. The largest absolute Gasteiger partial charge is 0.379 e. The summed E-state index contributed by atoms with van der Waals surface area (Å²) in [6.07, 6.45) is 8.91. The highest BCUT2D eigenvalue weighted by molar-refractivity contribution is 7.99. The van der Waals surface area contributed by atoms with Crippen LogP contribution in [-0.2, 0) is 21.8 Å². The Morgan fingerprint density at radius 1 is 1.18 bits per heavy atom. The third-order valence-electron chi connectivity index (χ3n) is 6.52. The highest BCUT2D eigenvalue weighted by Gasteiger charge is 2.27. The van der Waals surface area contributed by atoms with Gasteiger partial charge in [0.2, 0.25) is 15.5 Å². The summed E-state index contributed by atoms with van der Waals surface area (Å²) in [5, 5.41) is 3.82. The van der Waals surface area contributed by atoms with Crippen LogP contribution >= 0.6 is 11.8 Å². The van der Waals surface area contributed by atoms with Gasteiger partial charge in [-0.3, -0.25) is 9.59 Å². The van der Waals surface area contributed by atoms with Crippen LogP contribution in [0, 0.1) is 0 Å². The van der Waals surface area contributed by atoms with Crippen molar-refractivity contribution < 1.29 is 17.9 Å². The molecule has 2 aliphatic rings. The molecule has 2 aromatic rings. The number of ether oxygens (including phenoxy) is 1. The van der Waals surface area contributed by atoms with Crippen molar-refractivity contribution in [2.45, 2.75) is 48.7 Å². The van der Waals surface area contributed by atoms with E-state index in [2.05, 4.69) is 5.32 Å². The molecule has 1 saturated carbocycles. The van der Waals surface area contributed by atoms with Gasteiger partial charge >= 0.3 is 0 Å². The molecule has 10 heteroatoms. The van der Waals surface area contributed by atoms with E-state index < -0.39 is 21.4 Å². The molecule has 1 N–H and O–H groups in total. The fraction of sp³-hybridized carbons (Fsp3) is 0.583. The number of rotatable bonds is 8. The monoisotopic (exact) mass is 507 g/mol. The molecule has 1 aromatic heterocycles. The van der Waals surface area contributed by atoms with Crippen LogP contribution in [-0.4, -0.2) is 67.0 Å². The van der Waals surface area contributed by atoms with E-state index in [0.717, 1.165) is 17.4 Å². The van der Waals surface area contributed by atoms with E-state index in [0.29, 0.717) is 25.3 Å². The fourth-order valence-corrected chi connectivity index (χ4v) is 7.33. The lowest BCUT2D eigenvalue weighted by molar-refractivity contribution is 0.0730. The van der Waals surface area contributed by atoms with Crippen molar-refractivity contribution in [1.82, 2.24) is 14.2 Å². The molecule has 2 fully saturated rings. The minimum atomic E-state index is -3.74. The predicted octanol–water partition coefficient (Wildman–Crippen LogP) is 2.75. The third kappa shape index (κ3) is 5.67. The number of thioether (sulfide) groups is 1. The standard InChI is InChI=1S/C24H33N3O5S2/c1-26-17-21(24(29)25-10-5-15-33-18-6-3-2-4-7-18)23(28)20-16-19(8-9-22(20)26)34(30,31)27-11-13-32-14-12-27/h8-9,16-18H,2-7,10-15H2,1H3,(H,25,29). The number of aryl methyl sites for hydroxylation is 1. The summed E-state index contributed by atoms with van der Waals surface area (Å²) in [5.74, 6) is 0.565. The van der Waals surface area contributed by atoms with Crippen LogP contribution < -0.4 is 10.7 Å². The van der Waals surface area contributed by atoms with E-state index >= 15 is 0 Å². The molecule has 4 rings (SSSR count). The highest BCUT2D eigenvalue weighted by Crippen LogP contribution is 2.28. The SMILES string of the molecule is Cn1cc(C(=O)NCCCSC2CCCCC2)c(=O)c2cc(S(=O)(=O)N3CCOCC3)ccc21. The quantitative estimate of drug-likeness (QED) is 0.552. The zero-order valence-corrected chi connectivity index (χ0v) is 21.3. The number of sulfonamides is 1. The normalized spacial score (nSPS) is 18.3. The first-order valence-electron chi connectivity index (χ1n) is 12.0. The summed E-state index contributed by atoms with van der Waals surface area (Å²) in [7, 11) is -2.00.